The topological polar surface area (TPSA) is 308 Å². The molecule has 0 aromatic carbocycles. The standard InChI is InChI=1S/C63H113N11O14/c1-24-26-27-41(15)52(77)51-56(81)65-43(25-2)58(82)68(17)34-48(76)69(18)44(30-35(3)4)55(80)66-49(39(11)12)61(85)70(19)45(31-36(5)6)54(79)64-42(16)53(78)67-57(88-29-28-75)63(87)72(21)46(32-37(7)8)59(83)71(20)47(33-38(9)10)60(84)73(22)50(40(13)14)62(86)74(51)23/h24,26,35-47,49-52,57,75,77H,25,27-34H2,1-23H3,(H,64,79)(H,65,81)(H,66,80)(H,67,78)/b26-24+/t41-,42+,43+,44+,45+,46+,47+,49+,50+,51+,52-,57-/m1/s1. The van der Waals surface area contributed by atoms with Crippen LogP contribution in [0.15, 0.2) is 12.2 Å². The van der Waals surface area contributed by atoms with Crippen LogP contribution in [-0.2, 0) is 57.5 Å². The van der Waals surface area contributed by atoms with Gasteiger partial charge in [0, 0.05) is 49.3 Å². The van der Waals surface area contributed by atoms with Crippen LogP contribution in [0.25, 0.3) is 0 Å². The molecule has 1 rings (SSSR count). The molecule has 0 saturated carbocycles. The van der Waals surface area contributed by atoms with Gasteiger partial charge in [0.05, 0.1) is 25.9 Å². The molecule has 1 fully saturated rings. The van der Waals surface area contributed by atoms with Crippen molar-refractivity contribution in [2.75, 3.05) is 69.1 Å². The smallest absolute Gasteiger partial charge is 0.273 e. The van der Waals surface area contributed by atoms with Crippen LogP contribution in [0.2, 0.25) is 0 Å². The highest BCUT2D eigenvalue weighted by molar-refractivity contribution is 5.99. The van der Waals surface area contributed by atoms with Gasteiger partial charge in [-0.2, -0.15) is 0 Å². The Labute approximate surface area is 525 Å². The summed E-state index contributed by atoms with van der Waals surface area (Å²) < 4.78 is 5.71. The number of carbonyl (C=O) groups is 11. The third kappa shape index (κ3) is 22.7. The van der Waals surface area contributed by atoms with Gasteiger partial charge in [-0.1, -0.05) is 109 Å². The number of amides is 11. The van der Waals surface area contributed by atoms with Crippen molar-refractivity contribution in [3.8, 4) is 0 Å². The van der Waals surface area contributed by atoms with Crippen LogP contribution in [0.5, 0.6) is 0 Å². The van der Waals surface area contributed by atoms with E-state index < -0.39 is 169 Å². The molecule has 11 amide bonds. The molecule has 0 bridgehead atoms. The largest absolute Gasteiger partial charge is 0.394 e. The molecule has 6 N–H and O–H groups in total. The fraction of sp³-hybridized carbons (Fsp3) is 0.794. The van der Waals surface area contributed by atoms with Crippen LogP contribution in [0.3, 0.4) is 0 Å². The Bertz CT molecular complexity index is 2380. The maximum atomic E-state index is 15.2. The number of nitrogens with zero attached hydrogens (tertiary/aromatic N) is 7. The molecule has 0 aromatic rings. The zero-order valence-electron chi connectivity index (χ0n) is 57.3. The van der Waals surface area contributed by atoms with Gasteiger partial charge in [0.1, 0.15) is 54.4 Å². The molecular formula is C63H113N11O14. The summed E-state index contributed by atoms with van der Waals surface area (Å²) in [6.07, 6.45) is 0.940. The molecule has 0 aliphatic carbocycles. The van der Waals surface area contributed by atoms with Gasteiger partial charge in [0.25, 0.3) is 5.91 Å². The van der Waals surface area contributed by atoms with Gasteiger partial charge in [-0.05, 0) is 93.8 Å². The first-order valence-electron chi connectivity index (χ1n) is 31.3. The molecule has 12 atom stereocenters. The number of nitrogens with one attached hydrogen (secondary N) is 4. The summed E-state index contributed by atoms with van der Waals surface area (Å²) in [6, 6.07) is -11.7. The number of aliphatic hydroxyl groups excluding tert-OH is 2. The van der Waals surface area contributed by atoms with Crippen LogP contribution in [0.4, 0.5) is 0 Å². The number of ether oxygens (including phenoxy) is 1. The highest BCUT2D eigenvalue weighted by atomic mass is 16.5. The lowest BCUT2D eigenvalue weighted by molar-refractivity contribution is -0.160. The predicted molar refractivity (Wildman–Crippen MR) is 336 cm³/mol. The molecule has 1 saturated heterocycles. The monoisotopic (exact) mass is 1250 g/mol. The van der Waals surface area contributed by atoms with E-state index >= 15 is 14.4 Å². The molecule has 0 radical (unpaired) electrons. The molecule has 1 heterocycles. The van der Waals surface area contributed by atoms with Gasteiger partial charge in [0.15, 0.2) is 0 Å². The predicted octanol–water partition coefficient (Wildman–Crippen LogP) is 2.22. The lowest BCUT2D eigenvalue weighted by atomic mass is 9.91. The summed E-state index contributed by atoms with van der Waals surface area (Å²) in [5, 5.41) is 32.7. The third-order valence-corrected chi connectivity index (χ3v) is 16.2. The second kappa shape index (κ2) is 37.1. The number of likely N-dealkylation sites (N-methyl/N-ethyl adjacent to an activating group) is 7. The van der Waals surface area contributed by atoms with Gasteiger partial charge in [0.2, 0.25) is 65.3 Å². The van der Waals surface area contributed by atoms with E-state index in [0.29, 0.717) is 6.42 Å². The number of rotatable bonds is 18. The van der Waals surface area contributed by atoms with E-state index in [1.165, 1.54) is 75.9 Å². The van der Waals surface area contributed by atoms with Gasteiger partial charge >= 0.3 is 0 Å². The minimum Gasteiger partial charge on any atom is -0.394 e. The summed E-state index contributed by atoms with van der Waals surface area (Å²) in [5.41, 5.74) is 0. The van der Waals surface area contributed by atoms with E-state index in [0.717, 1.165) is 14.7 Å². The molecular weight excluding hydrogens is 1130 g/mol. The SMILES string of the molecule is C/C=C/C[C@@H](C)[C@@H](O)[C@H]1C(=O)N[C@@H](CC)C(=O)N(C)CC(=O)N(C)[C@@H](CC(C)C)C(=O)N[C@@H](C(C)C)C(=O)N(C)[C@@H](CC(C)C)C(=O)N[C@@H](C)C(=O)N[C@H](OCCO)C(=O)N(C)[C@@H](CC(C)C)C(=O)N(C)[C@@H](CC(C)C)C(=O)N(C)[C@@H](C(C)C)C(=O)N1C. The minimum atomic E-state index is -1.81. The van der Waals surface area contributed by atoms with Crippen molar-refractivity contribution in [2.24, 2.45) is 41.4 Å². The Hall–Kier alpha value is -6.21. The Balaban J connectivity index is 4.42. The maximum Gasteiger partial charge on any atom is 0.273 e. The van der Waals surface area contributed by atoms with Crippen molar-refractivity contribution < 1.29 is 67.7 Å². The number of hydrogen-bond donors (Lipinski definition) is 6. The first-order chi connectivity index (χ1) is 40.7. The summed E-state index contributed by atoms with van der Waals surface area (Å²) >= 11 is 0. The first-order valence-corrected chi connectivity index (χ1v) is 31.3. The lowest BCUT2D eigenvalue weighted by Gasteiger charge is -2.41. The summed E-state index contributed by atoms with van der Waals surface area (Å²) in [4.78, 5) is 169. The van der Waals surface area contributed by atoms with Crippen molar-refractivity contribution in [1.82, 2.24) is 55.6 Å². The van der Waals surface area contributed by atoms with E-state index in [4.69, 9.17) is 4.74 Å². The molecule has 1 aliphatic rings. The average Bonchev–Trinajstić information content (AvgIpc) is 1.57. The first kappa shape index (κ1) is 79.8. The van der Waals surface area contributed by atoms with Crippen molar-refractivity contribution in [3.05, 3.63) is 12.2 Å². The van der Waals surface area contributed by atoms with E-state index in [1.54, 1.807) is 60.6 Å². The van der Waals surface area contributed by atoms with Crippen LogP contribution < -0.4 is 21.3 Å². The fourth-order valence-electron chi connectivity index (χ4n) is 10.8. The fourth-order valence-corrected chi connectivity index (χ4v) is 10.8. The zero-order chi connectivity index (χ0) is 68.1. The van der Waals surface area contributed by atoms with Crippen molar-refractivity contribution >= 4 is 65.0 Å². The van der Waals surface area contributed by atoms with Gasteiger partial charge < -0.3 is 70.5 Å². The quantitative estimate of drug-likeness (QED) is 0.107. The molecule has 0 unspecified atom stereocenters. The number of aliphatic hydroxyl groups is 2. The zero-order valence-corrected chi connectivity index (χ0v) is 57.3. The van der Waals surface area contributed by atoms with Crippen LogP contribution in [0.1, 0.15) is 149 Å². The van der Waals surface area contributed by atoms with Crippen LogP contribution in [0, 0.1) is 41.4 Å². The Kier molecular flexibility index (Phi) is 33.6. The molecule has 25 nitrogen and oxygen atoms in total. The molecule has 0 spiro atoms. The van der Waals surface area contributed by atoms with Gasteiger partial charge in [-0.3, -0.25) is 52.7 Å². The molecule has 0 aromatic heterocycles. The maximum absolute atomic E-state index is 15.2. The highest BCUT2D eigenvalue weighted by Gasteiger charge is 2.46. The normalized spacial score (nSPS) is 26.4. The van der Waals surface area contributed by atoms with E-state index in [1.807, 2.05) is 55.4 Å². The van der Waals surface area contributed by atoms with Crippen molar-refractivity contribution in [2.45, 2.75) is 216 Å². The third-order valence-electron chi connectivity index (χ3n) is 16.2. The van der Waals surface area contributed by atoms with E-state index in [2.05, 4.69) is 21.3 Å². The van der Waals surface area contributed by atoms with Crippen LogP contribution in [-0.4, -0.2) is 245 Å². The molecule has 88 heavy (non-hydrogen) atoms. The summed E-state index contributed by atoms with van der Waals surface area (Å²) in [7, 11) is 9.67. The average molecular weight is 1250 g/mol. The van der Waals surface area contributed by atoms with Gasteiger partial charge in [-0.25, -0.2) is 0 Å². The lowest BCUT2D eigenvalue weighted by Crippen LogP contribution is -2.63. The molecule has 1 aliphatic heterocycles. The summed E-state index contributed by atoms with van der Waals surface area (Å²) in [6.45, 7) is 26.5. The second-order valence-electron chi connectivity index (χ2n) is 26.3. The van der Waals surface area contributed by atoms with Gasteiger partial charge in [-0.15, -0.1) is 0 Å². The molecule has 504 valence electrons. The van der Waals surface area contributed by atoms with Crippen LogP contribution >= 0.6 is 0 Å². The van der Waals surface area contributed by atoms with E-state index in [9.17, 15) is 48.6 Å². The van der Waals surface area contributed by atoms with Crippen molar-refractivity contribution in [3.63, 3.8) is 0 Å². The highest BCUT2D eigenvalue weighted by Crippen LogP contribution is 2.26. The second-order valence-corrected chi connectivity index (χ2v) is 26.3. The Morgan fingerprint density at radius 3 is 1.41 bits per heavy atom. The van der Waals surface area contributed by atoms with E-state index in [-0.39, 0.29) is 55.8 Å². The number of allylic oxidation sites excluding steroid dienone is 2. The Morgan fingerprint density at radius 2 is 0.955 bits per heavy atom. The number of hydrogen-bond acceptors (Lipinski definition) is 14. The van der Waals surface area contributed by atoms with Crippen molar-refractivity contribution in [1.29, 1.82) is 0 Å². The Morgan fingerprint density at radius 1 is 0.511 bits per heavy atom. The summed E-state index contributed by atoms with van der Waals surface area (Å²) in [5.74, 6) is -10.8. The molecule has 25 heteroatoms. The minimum absolute atomic E-state index is 0.00804. The number of carbonyl (C=O) groups excluding carboxylic acids is 11.